The number of sulfonamides is 1. The normalized spacial score (nSPS) is 11.4. The van der Waals surface area contributed by atoms with Crippen molar-refractivity contribution in [1.82, 2.24) is 4.72 Å². The number of halogens is 2. The Morgan fingerprint density at radius 3 is 2.56 bits per heavy atom. The lowest BCUT2D eigenvalue weighted by Gasteiger charge is -2.06. The number of alkyl halides is 1. The number of benzene rings is 1. The number of hydrogen-bond acceptors (Lipinski definition) is 3. The van der Waals surface area contributed by atoms with E-state index in [0.29, 0.717) is 0 Å². The molecule has 7 heteroatoms. The number of nitrogens with one attached hydrogen (secondary N) is 1. The summed E-state index contributed by atoms with van der Waals surface area (Å²) in [5, 5.41) is 0.0560. The molecule has 0 radical (unpaired) electrons. The second kappa shape index (κ2) is 5.14. The van der Waals surface area contributed by atoms with E-state index in [-0.39, 0.29) is 27.1 Å². The van der Waals surface area contributed by atoms with Crippen molar-refractivity contribution in [2.75, 3.05) is 12.9 Å². The van der Waals surface area contributed by atoms with Gasteiger partial charge in [0.1, 0.15) is 4.90 Å². The van der Waals surface area contributed by atoms with Crippen LogP contribution in [0.5, 0.6) is 0 Å². The maximum Gasteiger partial charge on any atom is 0.241 e. The Bertz CT molecular complexity index is 513. The van der Waals surface area contributed by atoms with E-state index < -0.39 is 10.0 Å². The molecule has 0 heterocycles. The molecule has 1 aromatic carbocycles. The van der Waals surface area contributed by atoms with Gasteiger partial charge in [0.25, 0.3) is 0 Å². The molecule has 0 aliphatic carbocycles. The zero-order chi connectivity index (χ0) is 12.3. The first-order valence-corrected chi connectivity index (χ1v) is 6.64. The summed E-state index contributed by atoms with van der Waals surface area (Å²) in [6.07, 6.45) is 0. The van der Waals surface area contributed by atoms with Gasteiger partial charge in [-0.15, -0.1) is 11.6 Å². The highest BCUT2D eigenvalue weighted by atomic mass is 35.5. The van der Waals surface area contributed by atoms with E-state index >= 15 is 0 Å². The third-order valence-electron chi connectivity index (χ3n) is 1.93. The quantitative estimate of drug-likeness (QED) is 0.675. The Morgan fingerprint density at radius 1 is 1.44 bits per heavy atom. The van der Waals surface area contributed by atoms with Crippen molar-refractivity contribution in [3.8, 4) is 0 Å². The van der Waals surface area contributed by atoms with Gasteiger partial charge in [-0.25, -0.2) is 13.1 Å². The molecular formula is C9H9Cl2NO3S. The van der Waals surface area contributed by atoms with Gasteiger partial charge in [0, 0.05) is 5.56 Å². The van der Waals surface area contributed by atoms with E-state index in [4.69, 9.17) is 23.2 Å². The average Bonchev–Trinajstić information content (AvgIpc) is 2.28. The van der Waals surface area contributed by atoms with Crippen LogP contribution < -0.4 is 4.72 Å². The van der Waals surface area contributed by atoms with Crippen LogP contribution in [0, 0.1) is 0 Å². The van der Waals surface area contributed by atoms with Gasteiger partial charge in [0.05, 0.1) is 10.9 Å². The molecule has 4 nitrogen and oxygen atoms in total. The molecule has 0 aliphatic rings. The molecule has 0 spiro atoms. The maximum absolute atomic E-state index is 11.5. The lowest BCUT2D eigenvalue weighted by Crippen LogP contribution is -2.19. The Labute approximate surface area is 104 Å². The third kappa shape index (κ3) is 2.74. The SMILES string of the molecule is CNS(=O)(=O)c1cc(C(=O)CCl)ccc1Cl. The van der Waals surface area contributed by atoms with E-state index in [1.54, 1.807) is 0 Å². The van der Waals surface area contributed by atoms with E-state index in [1.165, 1.54) is 25.2 Å². The second-order valence-electron chi connectivity index (χ2n) is 2.91. The van der Waals surface area contributed by atoms with Gasteiger partial charge in [0.2, 0.25) is 10.0 Å². The van der Waals surface area contributed by atoms with E-state index in [1.807, 2.05) is 0 Å². The van der Waals surface area contributed by atoms with Crippen molar-refractivity contribution in [2.45, 2.75) is 4.90 Å². The van der Waals surface area contributed by atoms with Crippen LogP contribution in [-0.4, -0.2) is 27.1 Å². The minimum Gasteiger partial charge on any atom is -0.293 e. The monoisotopic (exact) mass is 281 g/mol. The summed E-state index contributed by atoms with van der Waals surface area (Å²) in [5.74, 6) is -0.563. The van der Waals surface area contributed by atoms with Gasteiger partial charge < -0.3 is 0 Å². The largest absolute Gasteiger partial charge is 0.293 e. The first-order valence-electron chi connectivity index (χ1n) is 4.24. The predicted molar refractivity (Wildman–Crippen MR) is 62.7 cm³/mol. The first-order chi connectivity index (χ1) is 7.42. The fourth-order valence-corrected chi connectivity index (χ4v) is 2.47. The van der Waals surface area contributed by atoms with Gasteiger partial charge in [0.15, 0.2) is 5.78 Å². The Hall–Kier alpha value is -0.620. The molecule has 0 unspecified atom stereocenters. The molecule has 0 saturated heterocycles. The van der Waals surface area contributed by atoms with Gasteiger partial charge in [-0.2, -0.15) is 0 Å². The predicted octanol–water partition coefficient (Wildman–Crippen LogP) is 1.67. The highest BCUT2D eigenvalue weighted by Gasteiger charge is 2.17. The van der Waals surface area contributed by atoms with Crippen LogP contribution in [-0.2, 0) is 10.0 Å². The smallest absolute Gasteiger partial charge is 0.241 e. The molecule has 0 atom stereocenters. The van der Waals surface area contributed by atoms with E-state index in [0.717, 1.165) is 0 Å². The van der Waals surface area contributed by atoms with Gasteiger partial charge in [-0.05, 0) is 25.2 Å². The summed E-state index contributed by atoms with van der Waals surface area (Å²) in [4.78, 5) is 11.2. The highest BCUT2D eigenvalue weighted by Crippen LogP contribution is 2.22. The van der Waals surface area contributed by atoms with Gasteiger partial charge in [-0.1, -0.05) is 11.6 Å². The van der Waals surface area contributed by atoms with Crippen molar-refractivity contribution >= 4 is 39.0 Å². The van der Waals surface area contributed by atoms with Crippen LogP contribution >= 0.6 is 23.2 Å². The molecule has 1 N–H and O–H groups in total. The molecule has 0 saturated carbocycles. The molecule has 0 aromatic heterocycles. The minimum atomic E-state index is -3.67. The number of carbonyl (C=O) groups is 1. The number of Topliss-reactive ketones (excluding diaryl/α,β-unsaturated/α-hetero) is 1. The third-order valence-corrected chi connectivity index (χ3v) is 4.07. The zero-order valence-electron chi connectivity index (χ0n) is 8.33. The van der Waals surface area contributed by atoms with Crippen LogP contribution in [0.4, 0.5) is 0 Å². The fraction of sp³-hybridized carbons (Fsp3) is 0.222. The summed E-state index contributed by atoms with van der Waals surface area (Å²) in [6.45, 7) is 0. The van der Waals surface area contributed by atoms with Crippen LogP contribution in [0.25, 0.3) is 0 Å². The van der Waals surface area contributed by atoms with Crippen LogP contribution in [0.1, 0.15) is 10.4 Å². The van der Waals surface area contributed by atoms with Crippen molar-refractivity contribution in [3.05, 3.63) is 28.8 Å². The Kier molecular flexibility index (Phi) is 4.32. The van der Waals surface area contributed by atoms with Crippen LogP contribution in [0.15, 0.2) is 23.1 Å². The summed E-state index contributed by atoms with van der Waals surface area (Å²) < 4.78 is 25.2. The number of carbonyl (C=O) groups excluding carboxylic acids is 1. The molecule has 1 rings (SSSR count). The summed E-state index contributed by atoms with van der Waals surface area (Å²) in [6, 6.07) is 3.99. The zero-order valence-corrected chi connectivity index (χ0v) is 10.7. The van der Waals surface area contributed by atoms with Crippen molar-refractivity contribution in [2.24, 2.45) is 0 Å². The van der Waals surface area contributed by atoms with E-state index in [2.05, 4.69) is 4.72 Å². The molecule has 0 bridgehead atoms. The molecular weight excluding hydrogens is 273 g/mol. The summed E-state index contributed by atoms with van der Waals surface area (Å²) >= 11 is 11.1. The van der Waals surface area contributed by atoms with Crippen molar-refractivity contribution in [3.63, 3.8) is 0 Å². The highest BCUT2D eigenvalue weighted by molar-refractivity contribution is 7.89. The summed E-state index contributed by atoms with van der Waals surface area (Å²) in [7, 11) is -2.40. The van der Waals surface area contributed by atoms with Crippen molar-refractivity contribution < 1.29 is 13.2 Å². The summed E-state index contributed by atoms with van der Waals surface area (Å²) in [5.41, 5.74) is 0.216. The molecule has 16 heavy (non-hydrogen) atoms. The molecule has 88 valence electrons. The van der Waals surface area contributed by atoms with Crippen LogP contribution in [0.2, 0.25) is 5.02 Å². The molecule has 1 aromatic rings. The first kappa shape index (κ1) is 13.4. The molecule has 0 amide bonds. The Morgan fingerprint density at radius 2 is 2.06 bits per heavy atom. The Balaban J connectivity index is 3.36. The molecule has 0 fully saturated rings. The minimum absolute atomic E-state index is 0.0560. The maximum atomic E-state index is 11.5. The number of rotatable bonds is 4. The van der Waals surface area contributed by atoms with Gasteiger partial charge >= 0.3 is 0 Å². The lowest BCUT2D eigenvalue weighted by atomic mass is 10.1. The van der Waals surface area contributed by atoms with E-state index in [9.17, 15) is 13.2 Å². The fourth-order valence-electron chi connectivity index (χ4n) is 1.07. The number of hydrogen-bond donors (Lipinski definition) is 1. The lowest BCUT2D eigenvalue weighted by molar-refractivity contribution is 0.102. The van der Waals surface area contributed by atoms with Gasteiger partial charge in [-0.3, -0.25) is 4.79 Å². The number of ketones is 1. The standard InChI is InChI=1S/C9H9Cl2NO3S/c1-12-16(14,15)9-4-6(8(13)5-10)2-3-7(9)11/h2-4,12H,5H2,1H3. The average molecular weight is 282 g/mol. The topological polar surface area (TPSA) is 63.2 Å². The van der Waals surface area contributed by atoms with Crippen LogP contribution in [0.3, 0.4) is 0 Å². The van der Waals surface area contributed by atoms with Crippen molar-refractivity contribution in [1.29, 1.82) is 0 Å². The second-order valence-corrected chi connectivity index (χ2v) is 5.44. The molecule has 0 aliphatic heterocycles.